The van der Waals surface area contributed by atoms with Crippen molar-refractivity contribution in [2.45, 2.75) is 0 Å². The molecule has 0 amide bonds. The number of anilines is 3. The molecular weight excluding hydrogens is 839 g/mol. The van der Waals surface area contributed by atoms with Crippen LogP contribution in [0.4, 0.5) is 17.1 Å². The van der Waals surface area contributed by atoms with Gasteiger partial charge in [0.15, 0.2) is 0 Å². The molecule has 1 heterocycles. The van der Waals surface area contributed by atoms with Crippen LogP contribution in [0.25, 0.3) is 98.1 Å². The van der Waals surface area contributed by atoms with Gasteiger partial charge in [-0.05, 0) is 108 Å². The molecule has 0 aliphatic carbocycles. The average molecular weight is 884 g/mol. The van der Waals surface area contributed by atoms with E-state index < -0.39 is 0 Å². The SMILES string of the molecule is c1ccc(-c2ccc(N(c3ccc(-c4ccccc4)cc3)c3ccc(-c4ccc(-c5sc6c(-c7ccccc7)c(-c7ccccc7)c7ccccc7c6c5-c5ccccc5)cc4)cc3)cc2)cc1. The van der Waals surface area contributed by atoms with Gasteiger partial charge in [-0.2, -0.15) is 0 Å². The Morgan fingerprint density at radius 3 is 0.926 bits per heavy atom. The van der Waals surface area contributed by atoms with E-state index >= 15 is 0 Å². The molecule has 0 aliphatic heterocycles. The molecule has 0 saturated carbocycles. The van der Waals surface area contributed by atoms with Crippen molar-refractivity contribution >= 4 is 49.3 Å². The second-order valence-corrected chi connectivity index (χ2v) is 18.2. The van der Waals surface area contributed by atoms with Gasteiger partial charge in [-0.3, -0.25) is 0 Å². The first-order chi connectivity index (χ1) is 33.7. The molecule has 0 unspecified atom stereocenters. The molecule has 0 spiro atoms. The summed E-state index contributed by atoms with van der Waals surface area (Å²) in [5, 5.41) is 3.84. The molecule has 12 rings (SSSR count). The van der Waals surface area contributed by atoms with Crippen LogP contribution in [0, 0.1) is 0 Å². The van der Waals surface area contributed by atoms with Crippen LogP contribution < -0.4 is 4.90 Å². The van der Waals surface area contributed by atoms with Gasteiger partial charge in [0, 0.05) is 43.2 Å². The highest BCUT2D eigenvalue weighted by molar-refractivity contribution is 7.24. The van der Waals surface area contributed by atoms with E-state index in [9.17, 15) is 0 Å². The van der Waals surface area contributed by atoms with E-state index in [1.807, 2.05) is 11.3 Å². The first-order valence-corrected chi connectivity index (χ1v) is 24.1. The molecule has 1 aromatic heterocycles. The van der Waals surface area contributed by atoms with Crippen LogP contribution in [0.15, 0.2) is 273 Å². The largest absolute Gasteiger partial charge is 0.311 e. The molecule has 0 aliphatic rings. The Morgan fingerprint density at radius 1 is 0.221 bits per heavy atom. The Morgan fingerprint density at radius 2 is 0.515 bits per heavy atom. The van der Waals surface area contributed by atoms with Crippen molar-refractivity contribution < 1.29 is 0 Å². The van der Waals surface area contributed by atoms with Crippen LogP contribution in [0.3, 0.4) is 0 Å². The van der Waals surface area contributed by atoms with Gasteiger partial charge in [0.25, 0.3) is 0 Å². The van der Waals surface area contributed by atoms with Gasteiger partial charge >= 0.3 is 0 Å². The van der Waals surface area contributed by atoms with Gasteiger partial charge in [0.05, 0.1) is 0 Å². The minimum Gasteiger partial charge on any atom is -0.311 e. The molecule has 0 bridgehead atoms. The van der Waals surface area contributed by atoms with Crippen LogP contribution >= 0.6 is 11.3 Å². The van der Waals surface area contributed by atoms with Crippen LogP contribution in [0.5, 0.6) is 0 Å². The molecule has 1 nitrogen and oxygen atoms in total. The third kappa shape index (κ3) is 7.67. The van der Waals surface area contributed by atoms with E-state index in [1.165, 1.54) is 98.1 Å². The minimum atomic E-state index is 1.10. The molecule has 0 radical (unpaired) electrons. The summed E-state index contributed by atoms with van der Waals surface area (Å²) in [5.74, 6) is 0. The highest BCUT2D eigenvalue weighted by Crippen LogP contribution is 2.54. The Kier molecular flexibility index (Phi) is 10.8. The van der Waals surface area contributed by atoms with E-state index in [2.05, 4.69) is 278 Å². The molecule has 11 aromatic carbocycles. The van der Waals surface area contributed by atoms with Crippen molar-refractivity contribution in [1.29, 1.82) is 0 Å². The van der Waals surface area contributed by atoms with Crippen LogP contribution in [-0.4, -0.2) is 0 Å². The summed E-state index contributed by atoms with van der Waals surface area (Å²) >= 11 is 1.91. The number of benzene rings is 11. The molecule has 0 atom stereocenters. The van der Waals surface area contributed by atoms with E-state index in [-0.39, 0.29) is 0 Å². The van der Waals surface area contributed by atoms with Crippen molar-refractivity contribution in [2.24, 2.45) is 0 Å². The lowest BCUT2D eigenvalue weighted by atomic mass is 9.86. The van der Waals surface area contributed by atoms with Gasteiger partial charge in [0.2, 0.25) is 0 Å². The summed E-state index contributed by atoms with van der Waals surface area (Å²) in [5.41, 5.74) is 19.2. The quantitative estimate of drug-likeness (QED) is 0.132. The number of rotatable bonds is 10. The lowest BCUT2D eigenvalue weighted by Gasteiger charge is -2.26. The van der Waals surface area contributed by atoms with Crippen molar-refractivity contribution in [2.75, 3.05) is 4.90 Å². The maximum absolute atomic E-state index is 2.35. The zero-order chi connectivity index (χ0) is 45.2. The van der Waals surface area contributed by atoms with E-state index in [4.69, 9.17) is 0 Å². The van der Waals surface area contributed by atoms with Gasteiger partial charge in [-0.15, -0.1) is 11.3 Å². The fraction of sp³-hybridized carbons (Fsp3) is 0. The monoisotopic (exact) mass is 883 g/mol. The summed E-state index contributed by atoms with van der Waals surface area (Å²) in [6.07, 6.45) is 0. The fourth-order valence-corrected chi connectivity index (χ4v) is 11.2. The average Bonchev–Trinajstić information content (AvgIpc) is 3.83. The zero-order valence-electron chi connectivity index (χ0n) is 37.3. The summed E-state index contributed by atoms with van der Waals surface area (Å²) in [7, 11) is 0. The highest BCUT2D eigenvalue weighted by atomic mass is 32.1. The maximum atomic E-state index is 2.35. The third-order valence-corrected chi connectivity index (χ3v) is 14.4. The molecule has 0 N–H and O–H groups in total. The number of fused-ring (bicyclic) bond motifs is 3. The lowest BCUT2D eigenvalue weighted by molar-refractivity contribution is 1.28. The van der Waals surface area contributed by atoms with E-state index in [1.54, 1.807) is 0 Å². The van der Waals surface area contributed by atoms with Crippen molar-refractivity contribution in [3.05, 3.63) is 273 Å². The number of hydrogen-bond donors (Lipinski definition) is 0. The summed E-state index contributed by atoms with van der Waals surface area (Å²) in [4.78, 5) is 3.62. The molecule has 0 fully saturated rings. The first kappa shape index (κ1) is 40.9. The van der Waals surface area contributed by atoms with Gasteiger partial charge in [-0.1, -0.05) is 237 Å². The Labute approximate surface area is 402 Å². The van der Waals surface area contributed by atoms with E-state index in [0.29, 0.717) is 0 Å². The summed E-state index contributed by atoms with van der Waals surface area (Å²) in [6, 6.07) is 99.0. The molecular formula is C66H45NS. The number of thiophene rings is 1. The molecule has 0 saturated heterocycles. The van der Waals surface area contributed by atoms with Gasteiger partial charge in [0.1, 0.15) is 0 Å². The zero-order valence-corrected chi connectivity index (χ0v) is 38.2. The smallest absolute Gasteiger partial charge is 0.0462 e. The number of nitrogens with zero attached hydrogens (tertiary/aromatic N) is 1. The van der Waals surface area contributed by atoms with Gasteiger partial charge < -0.3 is 4.90 Å². The summed E-state index contributed by atoms with van der Waals surface area (Å²) < 4.78 is 1.30. The van der Waals surface area contributed by atoms with Gasteiger partial charge in [-0.25, -0.2) is 0 Å². The predicted octanol–water partition coefficient (Wildman–Crippen LogP) is 19.2. The normalized spacial score (nSPS) is 11.2. The Hall–Kier alpha value is -8.56. The van der Waals surface area contributed by atoms with Crippen molar-refractivity contribution in [1.82, 2.24) is 0 Å². The Balaban J connectivity index is 0.949. The topological polar surface area (TPSA) is 3.24 Å². The third-order valence-electron chi connectivity index (χ3n) is 13.1. The standard InChI is InChI=1S/C66H45NS/c1-6-18-46(19-7-1)49-34-40-56(41-35-49)67(57-42-36-50(37-43-57)47-20-8-2-9-21-47)58-44-38-51(39-45-58)48-30-32-55(33-31-48)65-63(54-26-14-5-15-27-54)64-60-29-17-16-28-59(60)61(52-22-10-3-11-23-52)62(66(64)68-65)53-24-12-4-13-25-53/h1-45H. The molecule has 12 aromatic rings. The molecule has 320 valence electrons. The van der Waals surface area contributed by atoms with E-state index in [0.717, 1.165) is 17.1 Å². The van der Waals surface area contributed by atoms with Crippen molar-refractivity contribution in [3.8, 4) is 77.2 Å². The molecule has 68 heavy (non-hydrogen) atoms. The first-order valence-electron chi connectivity index (χ1n) is 23.2. The van der Waals surface area contributed by atoms with Crippen LogP contribution in [0.2, 0.25) is 0 Å². The van der Waals surface area contributed by atoms with Crippen molar-refractivity contribution in [3.63, 3.8) is 0 Å². The summed E-state index contributed by atoms with van der Waals surface area (Å²) in [6.45, 7) is 0. The number of hydrogen-bond acceptors (Lipinski definition) is 2. The Bertz CT molecular complexity index is 3560. The van der Waals surface area contributed by atoms with Crippen LogP contribution in [-0.2, 0) is 0 Å². The minimum absolute atomic E-state index is 1.10. The van der Waals surface area contributed by atoms with Crippen LogP contribution in [0.1, 0.15) is 0 Å². The maximum Gasteiger partial charge on any atom is 0.0462 e. The predicted molar refractivity (Wildman–Crippen MR) is 292 cm³/mol. The lowest BCUT2D eigenvalue weighted by Crippen LogP contribution is -2.09. The molecule has 2 heteroatoms. The highest BCUT2D eigenvalue weighted by Gasteiger charge is 2.25. The second-order valence-electron chi connectivity index (χ2n) is 17.2. The fourth-order valence-electron chi connectivity index (χ4n) is 9.83. The second kappa shape index (κ2) is 18.0.